The summed E-state index contributed by atoms with van der Waals surface area (Å²) in [5, 5.41) is 0. The van der Waals surface area contributed by atoms with Gasteiger partial charge >= 0.3 is 12.2 Å². The molecule has 2 aromatic rings. The lowest BCUT2D eigenvalue weighted by atomic mass is 9.61. The molecule has 36 heavy (non-hydrogen) atoms. The van der Waals surface area contributed by atoms with Crippen LogP contribution in [0.4, 0.5) is 9.59 Å². The van der Waals surface area contributed by atoms with Gasteiger partial charge in [0, 0.05) is 11.8 Å². The van der Waals surface area contributed by atoms with Gasteiger partial charge < -0.3 is 18.9 Å². The monoisotopic (exact) mass is 493 g/mol. The predicted molar refractivity (Wildman–Crippen MR) is 134 cm³/mol. The van der Waals surface area contributed by atoms with E-state index >= 15 is 0 Å². The van der Waals surface area contributed by atoms with Gasteiger partial charge in [0.25, 0.3) is 0 Å². The lowest BCUT2D eigenvalue weighted by Gasteiger charge is -2.51. The maximum atomic E-state index is 13.7. The van der Waals surface area contributed by atoms with Crippen LogP contribution in [0.1, 0.15) is 70.1 Å². The highest BCUT2D eigenvalue weighted by molar-refractivity contribution is 5.89. The molecule has 2 fully saturated rings. The van der Waals surface area contributed by atoms with E-state index < -0.39 is 23.9 Å². The summed E-state index contributed by atoms with van der Waals surface area (Å²) >= 11 is 0. The third-order valence-electron chi connectivity index (χ3n) is 8.18. The van der Waals surface area contributed by atoms with Gasteiger partial charge in [-0.05, 0) is 47.9 Å². The summed E-state index contributed by atoms with van der Waals surface area (Å²) in [6.45, 7) is 9.01. The molecule has 1 saturated heterocycles. The van der Waals surface area contributed by atoms with Crippen molar-refractivity contribution in [2.24, 2.45) is 17.8 Å². The van der Waals surface area contributed by atoms with Gasteiger partial charge in [-0.2, -0.15) is 0 Å². The standard InChI is InChI=1S/C29H35NO6/c1-18(2)23-12-10-19(3)15-29(23,20(4)21-8-6-5-7-9-21)36-28(32)30-16-26(35-27(30)31)22-11-13-24-25(14-22)34-17-33-24/h5-9,11,13-14,18-20,23,26H,10,12,15-17H2,1-4H3/t19?,20-,23?,26?,29?/m0/s1. The average molecular weight is 494 g/mol. The van der Waals surface area contributed by atoms with E-state index in [1.54, 1.807) is 12.1 Å². The lowest BCUT2D eigenvalue weighted by Crippen LogP contribution is -2.54. The summed E-state index contributed by atoms with van der Waals surface area (Å²) in [5.41, 5.74) is 1.16. The van der Waals surface area contributed by atoms with E-state index in [0.717, 1.165) is 35.3 Å². The van der Waals surface area contributed by atoms with Gasteiger partial charge in [0.1, 0.15) is 11.7 Å². The Morgan fingerprint density at radius 3 is 2.56 bits per heavy atom. The van der Waals surface area contributed by atoms with Crippen LogP contribution in [0, 0.1) is 17.8 Å². The van der Waals surface area contributed by atoms with Crippen molar-refractivity contribution in [2.75, 3.05) is 13.3 Å². The molecule has 3 aliphatic rings. The number of fused-ring (bicyclic) bond motifs is 1. The predicted octanol–water partition coefficient (Wildman–Crippen LogP) is 6.68. The first-order valence-electron chi connectivity index (χ1n) is 12.9. The number of ether oxygens (including phenoxy) is 4. The van der Waals surface area contributed by atoms with E-state index in [9.17, 15) is 9.59 Å². The van der Waals surface area contributed by atoms with Crippen LogP contribution in [0.5, 0.6) is 11.5 Å². The van der Waals surface area contributed by atoms with Gasteiger partial charge in [-0.15, -0.1) is 0 Å². The SMILES string of the molecule is CC1CCC(C(C)C)C(OC(=O)N2CC(c3ccc4c(c3)OCO4)OC2=O)([C@@H](C)c2ccccc2)C1. The molecule has 7 heteroatoms. The van der Waals surface area contributed by atoms with E-state index in [4.69, 9.17) is 18.9 Å². The fraction of sp³-hybridized carbons (Fsp3) is 0.517. The average Bonchev–Trinajstić information content (AvgIpc) is 3.49. The highest BCUT2D eigenvalue weighted by Gasteiger charge is 2.53. The van der Waals surface area contributed by atoms with Crippen LogP contribution in [0.3, 0.4) is 0 Å². The molecular weight excluding hydrogens is 458 g/mol. The molecule has 2 heterocycles. The van der Waals surface area contributed by atoms with Crippen LogP contribution in [0.15, 0.2) is 48.5 Å². The van der Waals surface area contributed by atoms with Crippen LogP contribution >= 0.6 is 0 Å². The van der Waals surface area contributed by atoms with Crippen LogP contribution in [0.2, 0.25) is 0 Å². The number of amides is 2. The van der Waals surface area contributed by atoms with E-state index in [-0.39, 0.29) is 25.2 Å². The Kier molecular flexibility index (Phi) is 6.58. The second-order valence-corrected chi connectivity index (χ2v) is 10.8. The summed E-state index contributed by atoms with van der Waals surface area (Å²) in [5.74, 6) is 2.14. The van der Waals surface area contributed by atoms with E-state index in [2.05, 4.69) is 39.8 Å². The van der Waals surface area contributed by atoms with Crippen LogP contribution in [0.25, 0.3) is 0 Å². The highest BCUT2D eigenvalue weighted by atomic mass is 16.7. The van der Waals surface area contributed by atoms with Crippen molar-refractivity contribution in [3.8, 4) is 11.5 Å². The molecule has 0 bridgehead atoms. The number of carbonyl (C=O) groups excluding carboxylic acids is 2. The van der Waals surface area contributed by atoms with Gasteiger partial charge in [0.05, 0.1) is 6.54 Å². The zero-order valence-corrected chi connectivity index (χ0v) is 21.4. The summed E-state index contributed by atoms with van der Waals surface area (Å²) in [4.78, 5) is 27.6. The van der Waals surface area contributed by atoms with Crippen molar-refractivity contribution in [3.05, 3.63) is 59.7 Å². The van der Waals surface area contributed by atoms with Crippen molar-refractivity contribution in [1.29, 1.82) is 0 Å². The first kappa shape index (κ1) is 24.5. The number of hydrogen-bond acceptors (Lipinski definition) is 6. The Morgan fingerprint density at radius 2 is 1.81 bits per heavy atom. The maximum Gasteiger partial charge on any atom is 0.420 e. The molecule has 2 aliphatic heterocycles. The van der Waals surface area contributed by atoms with Gasteiger partial charge in [-0.25, -0.2) is 14.5 Å². The summed E-state index contributed by atoms with van der Waals surface area (Å²) in [6, 6.07) is 15.6. The first-order valence-corrected chi connectivity index (χ1v) is 12.9. The summed E-state index contributed by atoms with van der Waals surface area (Å²) < 4.78 is 22.9. The number of imide groups is 1. The van der Waals surface area contributed by atoms with Crippen LogP contribution < -0.4 is 9.47 Å². The third kappa shape index (κ3) is 4.40. The maximum absolute atomic E-state index is 13.7. The molecule has 5 atom stereocenters. The van der Waals surface area contributed by atoms with Crippen molar-refractivity contribution >= 4 is 12.2 Å². The smallest absolute Gasteiger partial charge is 0.420 e. The van der Waals surface area contributed by atoms with Crippen molar-refractivity contribution in [3.63, 3.8) is 0 Å². The Labute approximate surface area is 212 Å². The van der Waals surface area contributed by atoms with Crippen molar-refractivity contribution in [1.82, 2.24) is 4.90 Å². The molecule has 5 rings (SSSR count). The van der Waals surface area contributed by atoms with E-state index in [1.807, 2.05) is 24.3 Å². The van der Waals surface area contributed by atoms with E-state index in [1.165, 1.54) is 0 Å². The number of rotatable bonds is 5. The van der Waals surface area contributed by atoms with Crippen molar-refractivity contribution in [2.45, 2.75) is 64.6 Å². The zero-order valence-electron chi connectivity index (χ0n) is 21.4. The van der Waals surface area contributed by atoms with Gasteiger partial charge in [0.15, 0.2) is 11.5 Å². The zero-order chi connectivity index (χ0) is 25.4. The molecule has 0 spiro atoms. The Hall–Kier alpha value is -3.22. The molecule has 0 radical (unpaired) electrons. The minimum atomic E-state index is -0.721. The van der Waals surface area contributed by atoms with E-state index in [0.29, 0.717) is 23.3 Å². The molecule has 0 N–H and O–H groups in total. The highest BCUT2D eigenvalue weighted by Crippen LogP contribution is 2.51. The molecule has 0 aromatic heterocycles. The summed E-state index contributed by atoms with van der Waals surface area (Å²) in [7, 11) is 0. The molecule has 2 amide bonds. The molecule has 1 aliphatic carbocycles. The molecule has 7 nitrogen and oxygen atoms in total. The number of nitrogens with zero attached hydrogens (tertiary/aromatic N) is 1. The van der Waals surface area contributed by atoms with Gasteiger partial charge in [0.2, 0.25) is 6.79 Å². The second-order valence-electron chi connectivity index (χ2n) is 10.8. The minimum absolute atomic E-state index is 0.0268. The lowest BCUT2D eigenvalue weighted by molar-refractivity contribution is -0.108. The quantitative estimate of drug-likeness (QED) is 0.463. The second kappa shape index (κ2) is 9.68. The Bertz CT molecular complexity index is 1120. The Morgan fingerprint density at radius 1 is 1.06 bits per heavy atom. The minimum Gasteiger partial charge on any atom is -0.454 e. The van der Waals surface area contributed by atoms with Crippen LogP contribution in [-0.4, -0.2) is 36.0 Å². The topological polar surface area (TPSA) is 74.3 Å². The normalized spacial score (nSPS) is 28.2. The third-order valence-corrected chi connectivity index (χ3v) is 8.18. The first-order chi connectivity index (χ1) is 17.3. The molecular formula is C29H35NO6. The van der Waals surface area contributed by atoms with Gasteiger partial charge in [-0.3, -0.25) is 0 Å². The fourth-order valence-electron chi connectivity index (χ4n) is 6.25. The van der Waals surface area contributed by atoms with Crippen LogP contribution in [-0.2, 0) is 9.47 Å². The molecule has 1 saturated carbocycles. The molecule has 192 valence electrons. The fourth-order valence-corrected chi connectivity index (χ4v) is 6.25. The Balaban J connectivity index is 1.41. The molecule has 4 unspecified atom stereocenters. The van der Waals surface area contributed by atoms with Crippen molar-refractivity contribution < 1.29 is 28.5 Å². The number of hydrogen-bond donors (Lipinski definition) is 0. The number of benzene rings is 2. The number of carbonyl (C=O) groups is 2. The van der Waals surface area contributed by atoms with Gasteiger partial charge in [-0.1, -0.05) is 70.5 Å². The molecule has 2 aromatic carbocycles. The largest absolute Gasteiger partial charge is 0.454 e. The number of cyclic esters (lactones) is 1. The summed E-state index contributed by atoms with van der Waals surface area (Å²) in [6.07, 6.45) is 0.926.